The normalized spacial score (nSPS) is 13.2. The van der Waals surface area contributed by atoms with Crippen molar-refractivity contribution in [1.29, 1.82) is 0 Å². The van der Waals surface area contributed by atoms with Gasteiger partial charge in [-0.1, -0.05) is 32.0 Å². The maximum Gasteiger partial charge on any atom is 0.327 e. The van der Waals surface area contributed by atoms with E-state index in [0.717, 1.165) is 0 Å². The van der Waals surface area contributed by atoms with Crippen LogP contribution in [0.25, 0.3) is 0 Å². The second-order valence-corrected chi connectivity index (χ2v) is 5.60. The molecule has 0 spiro atoms. The van der Waals surface area contributed by atoms with Crippen LogP contribution >= 0.6 is 0 Å². The third-order valence-electron chi connectivity index (χ3n) is 3.45. The Hall–Kier alpha value is -2.74. The zero-order chi connectivity index (χ0) is 18.4. The SMILES string of the molecule is CC(C)[C@H](N)C(=O)N(C(=O)c1ccccc1)[C@@H](CC(=O)O)C(=O)O. The molecule has 2 amide bonds. The van der Waals surface area contributed by atoms with E-state index >= 15 is 0 Å². The number of rotatable bonds is 7. The van der Waals surface area contributed by atoms with Crippen molar-refractivity contribution >= 4 is 23.8 Å². The minimum Gasteiger partial charge on any atom is -0.481 e. The number of benzene rings is 1. The van der Waals surface area contributed by atoms with E-state index in [-0.39, 0.29) is 11.5 Å². The van der Waals surface area contributed by atoms with Gasteiger partial charge in [0.2, 0.25) is 5.91 Å². The lowest BCUT2D eigenvalue weighted by atomic mass is 10.0. The molecule has 0 aliphatic carbocycles. The number of carbonyl (C=O) groups excluding carboxylic acids is 2. The van der Waals surface area contributed by atoms with Gasteiger partial charge in [0.15, 0.2) is 0 Å². The molecule has 0 saturated carbocycles. The molecule has 8 nitrogen and oxygen atoms in total. The van der Waals surface area contributed by atoms with Crippen LogP contribution in [0, 0.1) is 5.92 Å². The molecule has 130 valence electrons. The van der Waals surface area contributed by atoms with Crippen LogP contribution in [-0.4, -0.2) is 50.9 Å². The molecule has 8 heteroatoms. The molecule has 0 saturated heterocycles. The number of hydrogen-bond acceptors (Lipinski definition) is 5. The van der Waals surface area contributed by atoms with E-state index < -0.39 is 42.3 Å². The number of amides is 2. The minimum atomic E-state index is -1.84. The number of nitrogens with two attached hydrogens (primary N) is 1. The molecule has 0 aromatic heterocycles. The van der Waals surface area contributed by atoms with Crippen molar-refractivity contribution in [3.05, 3.63) is 35.9 Å². The quantitative estimate of drug-likeness (QED) is 0.661. The van der Waals surface area contributed by atoms with Crippen LogP contribution in [0.2, 0.25) is 0 Å². The highest BCUT2D eigenvalue weighted by atomic mass is 16.4. The third kappa shape index (κ3) is 4.63. The summed E-state index contributed by atoms with van der Waals surface area (Å²) in [7, 11) is 0. The summed E-state index contributed by atoms with van der Waals surface area (Å²) in [6.45, 7) is 3.28. The van der Waals surface area contributed by atoms with Gasteiger partial charge in [-0.15, -0.1) is 0 Å². The third-order valence-corrected chi connectivity index (χ3v) is 3.45. The van der Waals surface area contributed by atoms with Gasteiger partial charge in [-0.3, -0.25) is 19.3 Å². The van der Waals surface area contributed by atoms with Crippen LogP contribution in [0.3, 0.4) is 0 Å². The van der Waals surface area contributed by atoms with Crippen molar-refractivity contribution in [2.45, 2.75) is 32.4 Å². The summed E-state index contributed by atoms with van der Waals surface area (Å²) in [6, 6.07) is 4.58. The zero-order valence-electron chi connectivity index (χ0n) is 13.4. The van der Waals surface area contributed by atoms with Gasteiger partial charge in [0.1, 0.15) is 6.04 Å². The second-order valence-electron chi connectivity index (χ2n) is 5.60. The molecule has 0 radical (unpaired) electrons. The molecule has 1 aromatic rings. The van der Waals surface area contributed by atoms with Crippen molar-refractivity contribution < 1.29 is 29.4 Å². The summed E-state index contributed by atoms with van der Waals surface area (Å²) in [5, 5.41) is 18.2. The first-order valence-corrected chi connectivity index (χ1v) is 7.29. The lowest BCUT2D eigenvalue weighted by Gasteiger charge is -2.29. The smallest absolute Gasteiger partial charge is 0.327 e. The minimum absolute atomic E-state index is 0.0680. The second kappa shape index (κ2) is 8.21. The average Bonchev–Trinajstić information content (AvgIpc) is 2.53. The average molecular weight is 336 g/mol. The van der Waals surface area contributed by atoms with Gasteiger partial charge >= 0.3 is 11.9 Å². The molecular weight excluding hydrogens is 316 g/mol. The summed E-state index contributed by atoms with van der Waals surface area (Å²) in [6.07, 6.45) is -0.912. The monoisotopic (exact) mass is 336 g/mol. The highest BCUT2D eigenvalue weighted by molar-refractivity contribution is 6.08. The van der Waals surface area contributed by atoms with Gasteiger partial charge in [0.05, 0.1) is 12.5 Å². The van der Waals surface area contributed by atoms with Gasteiger partial charge < -0.3 is 15.9 Å². The van der Waals surface area contributed by atoms with Crippen molar-refractivity contribution in [3.8, 4) is 0 Å². The number of carboxylic acids is 2. The Morgan fingerprint density at radius 3 is 2.04 bits per heavy atom. The molecule has 0 heterocycles. The fourth-order valence-corrected chi connectivity index (χ4v) is 2.02. The molecule has 1 rings (SSSR count). The van der Waals surface area contributed by atoms with Gasteiger partial charge in [0.25, 0.3) is 5.91 Å². The summed E-state index contributed by atoms with van der Waals surface area (Å²) < 4.78 is 0. The first-order chi connectivity index (χ1) is 11.2. The van der Waals surface area contributed by atoms with Crippen molar-refractivity contribution in [3.63, 3.8) is 0 Å². The maximum absolute atomic E-state index is 12.6. The van der Waals surface area contributed by atoms with E-state index in [1.807, 2.05) is 0 Å². The molecular formula is C16H20N2O6. The van der Waals surface area contributed by atoms with Crippen LogP contribution in [0.15, 0.2) is 30.3 Å². The molecule has 4 N–H and O–H groups in total. The first kappa shape index (κ1) is 19.3. The van der Waals surface area contributed by atoms with Gasteiger partial charge in [-0.2, -0.15) is 0 Å². The first-order valence-electron chi connectivity index (χ1n) is 7.29. The molecule has 0 aliphatic rings. The highest BCUT2D eigenvalue weighted by Gasteiger charge is 2.39. The van der Waals surface area contributed by atoms with Crippen LogP contribution in [0.5, 0.6) is 0 Å². The van der Waals surface area contributed by atoms with Crippen molar-refractivity contribution in [2.75, 3.05) is 0 Å². The van der Waals surface area contributed by atoms with Gasteiger partial charge in [-0.05, 0) is 18.1 Å². The number of carboxylic acid groups (broad SMARTS) is 2. The molecule has 0 bridgehead atoms. The van der Waals surface area contributed by atoms with E-state index in [2.05, 4.69) is 0 Å². The topological polar surface area (TPSA) is 138 Å². The Labute approximate surface area is 138 Å². The molecule has 0 fully saturated rings. The van der Waals surface area contributed by atoms with Crippen LogP contribution in [-0.2, 0) is 14.4 Å². The zero-order valence-corrected chi connectivity index (χ0v) is 13.4. The van der Waals surface area contributed by atoms with Gasteiger partial charge in [0, 0.05) is 5.56 Å². The Balaban J connectivity index is 3.34. The summed E-state index contributed by atoms with van der Waals surface area (Å²) in [5.41, 5.74) is 5.83. The van der Waals surface area contributed by atoms with E-state index in [0.29, 0.717) is 4.90 Å². The molecule has 0 aliphatic heterocycles. The number of hydrogen-bond donors (Lipinski definition) is 3. The van der Waals surface area contributed by atoms with E-state index in [1.165, 1.54) is 12.1 Å². The number of imide groups is 1. The van der Waals surface area contributed by atoms with E-state index in [4.69, 9.17) is 10.8 Å². The van der Waals surface area contributed by atoms with Crippen LogP contribution in [0.4, 0.5) is 0 Å². The van der Waals surface area contributed by atoms with Crippen LogP contribution in [0.1, 0.15) is 30.6 Å². The summed E-state index contributed by atoms with van der Waals surface area (Å²) in [5.74, 6) is -5.22. The maximum atomic E-state index is 12.6. The van der Waals surface area contributed by atoms with Crippen molar-refractivity contribution in [2.24, 2.45) is 11.7 Å². The summed E-state index contributed by atoms with van der Waals surface area (Å²) >= 11 is 0. The molecule has 2 atom stereocenters. The fourth-order valence-electron chi connectivity index (χ4n) is 2.02. The Kier molecular flexibility index (Phi) is 6.60. The predicted octanol–water partition coefficient (Wildman–Crippen LogP) is 0.567. The largest absolute Gasteiger partial charge is 0.481 e. The van der Waals surface area contributed by atoms with Crippen LogP contribution < -0.4 is 5.73 Å². The predicted molar refractivity (Wildman–Crippen MR) is 84.1 cm³/mol. The molecule has 1 aromatic carbocycles. The van der Waals surface area contributed by atoms with E-state index in [1.54, 1.807) is 32.0 Å². The lowest BCUT2D eigenvalue weighted by Crippen LogP contribution is -2.56. The number of carbonyl (C=O) groups is 4. The number of aliphatic carboxylic acids is 2. The highest BCUT2D eigenvalue weighted by Crippen LogP contribution is 2.15. The summed E-state index contributed by atoms with van der Waals surface area (Å²) in [4.78, 5) is 48.0. The standard InChI is InChI=1S/C16H20N2O6/c1-9(2)13(17)15(22)18(11(16(23)24)8-12(19)20)14(21)10-6-4-3-5-7-10/h3-7,9,11,13H,8,17H2,1-2H3,(H,19,20)(H,23,24)/t11-,13-/m0/s1. The number of nitrogens with zero attached hydrogens (tertiary/aromatic N) is 1. The Bertz CT molecular complexity index is 629. The van der Waals surface area contributed by atoms with Crippen molar-refractivity contribution in [1.82, 2.24) is 4.90 Å². The fraction of sp³-hybridized carbons (Fsp3) is 0.375. The Morgan fingerprint density at radius 2 is 1.62 bits per heavy atom. The van der Waals surface area contributed by atoms with Gasteiger partial charge in [-0.25, -0.2) is 4.79 Å². The van der Waals surface area contributed by atoms with E-state index in [9.17, 15) is 24.3 Å². The molecule has 0 unspecified atom stereocenters. The Morgan fingerprint density at radius 1 is 1.08 bits per heavy atom. The molecule has 24 heavy (non-hydrogen) atoms. The lowest BCUT2D eigenvalue weighted by molar-refractivity contribution is -0.153.